The van der Waals surface area contributed by atoms with Gasteiger partial charge in [0.2, 0.25) is 0 Å². The van der Waals surface area contributed by atoms with Crippen LogP contribution >= 0.6 is 0 Å². The summed E-state index contributed by atoms with van der Waals surface area (Å²) in [4.78, 5) is 13.1. The molecule has 0 saturated carbocycles. The smallest absolute Gasteiger partial charge is 0.193 e. The van der Waals surface area contributed by atoms with Gasteiger partial charge in [0.05, 0.1) is 5.71 Å². The second-order valence-electron chi connectivity index (χ2n) is 7.04. The van der Waals surface area contributed by atoms with E-state index in [0.717, 1.165) is 45.0 Å². The van der Waals surface area contributed by atoms with E-state index in [4.69, 9.17) is 5.21 Å². The highest BCUT2D eigenvalue weighted by Crippen LogP contribution is 2.31. The minimum absolute atomic E-state index is 0.0293. The second-order valence-corrected chi connectivity index (χ2v) is 7.04. The minimum Gasteiger partial charge on any atom is -0.411 e. The maximum Gasteiger partial charge on any atom is 0.193 e. The molecular weight excluding hydrogens is 348 g/mol. The van der Waals surface area contributed by atoms with E-state index in [2.05, 4.69) is 16.6 Å². The second kappa shape index (κ2) is 6.97. The first-order valence-corrected chi connectivity index (χ1v) is 9.40. The van der Waals surface area contributed by atoms with E-state index in [0.29, 0.717) is 11.3 Å². The van der Waals surface area contributed by atoms with E-state index in [1.807, 2.05) is 67.6 Å². The number of aryl methyl sites for hydroxylation is 2. The van der Waals surface area contributed by atoms with Crippen LogP contribution < -0.4 is 0 Å². The number of rotatable bonds is 4. The molecule has 0 spiro atoms. The molecule has 4 nitrogen and oxygen atoms in total. The largest absolute Gasteiger partial charge is 0.411 e. The zero-order valence-electron chi connectivity index (χ0n) is 16.2. The summed E-state index contributed by atoms with van der Waals surface area (Å²) in [6, 6.07) is 19.6. The van der Waals surface area contributed by atoms with E-state index in [1.165, 1.54) is 0 Å². The Morgan fingerprint density at radius 2 is 1.57 bits per heavy atom. The molecule has 4 aromatic rings. The Kier molecular flexibility index (Phi) is 4.47. The van der Waals surface area contributed by atoms with Crippen molar-refractivity contribution in [1.82, 2.24) is 4.57 Å². The van der Waals surface area contributed by atoms with Crippen molar-refractivity contribution >= 4 is 33.3 Å². The van der Waals surface area contributed by atoms with Gasteiger partial charge in [-0.25, -0.2) is 0 Å². The van der Waals surface area contributed by atoms with E-state index < -0.39 is 0 Å². The highest BCUT2D eigenvalue weighted by Gasteiger charge is 2.16. The van der Waals surface area contributed by atoms with Crippen molar-refractivity contribution in [2.45, 2.75) is 27.3 Å². The molecule has 3 aromatic carbocycles. The van der Waals surface area contributed by atoms with Crippen LogP contribution in [0.1, 0.15) is 40.9 Å². The quantitative estimate of drug-likeness (QED) is 0.221. The molecule has 0 aliphatic carbocycles. The number of hydrogen-bond acceptors (Lipinski definition) is 3. The Morgan fingerprint density at radius 1 is 0.964 bits per heavy atom. The first-order chi connectivity index (χ1) is 13.5. The van der Waals surface area contributed by atoms with Crippen LogP contribution in [0.5, 0.6) is 0 Å². The van der Waals surface area contributed by atoms with Crippen molar-refractivity contribution in [3.8, 4) is 0 Å². The molecule has 0 radical (unpaired) electrons. The van der Waals surface area contributed by atoms with Crippen LogP contribution in [0, 0.1) is 6.92 Å². The van der Waals surface area contributed by atoms with Crippen LogP contribution in [0.25, 0.3) is 21.8 Å². The molecule has 0 bridgehead atoms. The van der Waals surface area contributed by atoms with E-state index in [1.54, 1.807) is 6.92 Å². The van der Waals surface area contributed by atoms with Crippen LogP contribution in [0.3, 0.4) is 0 Å². The van der Waals surface area contributed by atoms with Gasteiger partial charge in [-0.05, 0) is 62.2 Å². The summed E-state index contributed by atoms with van der Waals surface area (Å²) in [5, 5.41) is 14.5. The summed E-state index contributed by atoms with van der Waals surface area (Å²) < 4.78 is 2.24. The predicted molar refractivity (Wildman–Crippen MR) is 114 cm³/mol. The van der Waals surface area contributed by atoms with Gasteiger partial charge in [-0.3, -0.25) is 4.79 Å². The standard InChI is InChI=1S/C24H22N2O2/c1-4-26-22-11-9-17(16(3)25-28)13-20(22)21-14-18(10-12-23(21)26)24(27)19-8-6-5-7-15(19)2/h5-14,28H,4H2,1-3H3. The van der Waals surface area contributed by atoms with Gasteiger partial charge < -0.3 is 9.77 Å². The van der Waals surface area contributed by atoms with Gasteiger partial charge >= 0.3 is 0 Å². The number of carbonyl (C=O) groups excluding carboxylic acids is 1. The van der Waals surface area contributed by atoms with E-state index in [9.17, 15) is 4.79 Å². The van der Waals surface area contributed by atoms with E-state index in [-0.39, 0.29) is 5.78 Å². The first kappa shape index (κ1) is 18.0. The van der Waals surface area contributed by atoms with Gasteiger partial charge in [0.1, 0.15) is 0 Å². The number of oxime groups is 1. The lowest BCUT2D eigenvalue weighted by Crippen LogP contribution is -2.03. The summed E-state index contributed by atoms with van der Waals surface area (Å²) in [6.45, 7) is 6.67. The molecule has 0 atom stereocenters. The summed E-state index contributed by atoms with van der Waals surface area (Å²) in [6.07, 6.45) is 0. The first-order valence-electron chi connectivity index (χ1n) is 9.40. The van der Waals surface area contributed by atoms with Crippen LogP contribution in [0.15, 0.2) is 65.8 Å². The highest BCUT2D eigenvalue weighted by atomic mass is 16.4. The van der Waals surface area contributed by atoms with Crippen molar-refractivity contribution in [3.63, 3.8) is 0 Å². The van der Waals surface area contributed by atoms with Crippen molar-refractivity contribution in [1.29, 1.82) is 0 Å². The molecule has 1 heterocycles. The molecule has 1 aromatic heterocycles. The lowest BCUT2D eigenvalue weighted by molar-refractivity contribution is 0.103. The van der Waals surface area contributed by atoms with Crippen LogP contribution in [-0.4, -0.2) is 21.3 Å². The fourth-order valence-electron chi connectivity index (χ4n) is 3.85. The number of carbonyl (C=O) groups is 1. The molecule has 0 unspecified atom stereocenters. The molecule has 4 heteroatoms. The fraction of sp³-hybridized carbons (Fsp3) is 0.167. The number of aromatic nitrogens is 1. The van der Waals surface area contributed by atoms with Gasteiger partial charge in [0, 0.05) is 39.5 Å². The van der Waals surface area contributed by atoms with Crippen molar-refractivity contribution < 1.29 is 10.0 Å². The predicted octanol–water partition coefficient (Wildman–Crippen LogP) is 5.55. The lowest BCUT2D eigenvalue weighted by Gasteiger charge is -2.06. The average Bonchev–Trinajstić information content (AvgIpc) is 3.05. The Hall–Kier alpha value is -3.40. The summed E-state index contributed by atoms with van der Waals surface area (Å²) in [7, 11) is 0. The van der Waals surface area contributed by atoms with Gasteiger partial charge in [0.15, 0.2) is 5.78 Å². The van der Waals surface area contributed by atoms with Gasteiger partial charge in [-0.2, -0.15) is 0 Å². The van der Waals surface area contributed by atoms with E-state index >= 15 is 0 Å². The molecule has 28 heavy (non-hydrogen) atoms. The molecular formula is C24H22N2O2. The minimum atomic E-state index is 0.0293. The van der Waals surface area contributed by atoms with Crippen LogP contribution in [-0.2, 0) is 6.54 Å². The normalized spacial score (nSPS) is 12.0. The Labute approximate surface area is 163 Å². The molecule has 0 fully saturated rings. The zero-order chi connectivity index (χ0) is 19.8. The van der Waals surface area contributed by atoms with Crippen molar-refractivity contribution in [2.75, 3.05) is 0 Å². The van der Waals surface area contributed by atoms with Gasteiger partial charge in [0.25, 0.3) is 0 Å². The fourth-order valence-corrected chi connectivity index (χ4v) is 3.85. The SMILES string of the molecule is CCn1c2ccc(C(=O)c3ccccc3C)cc2c2cc(C(C)=NO)ccc21. The Morgan fingerprint density at radius 3 is 2.18 bits per heavy atom. The van der Waals surface area contributed by atoms with Crippen LogP contribution in [0.4, 0.5) is 0 Å². The molecule has 4 rings (SSSR count). The maximum absolute atomic E-state index is 13.1. The number of ketones is 1. The van der Waals surface area contributed by atoms with Crippen molar-refractivity contribution in [2.24, 2.45) is 5.16 Å². The number of benzene rings is 3. The summed E-state index contributed by atoms with van der Waals surface area (Å²) in [5.74, 6) is 0.0293. The topological polar surface area (TPSA) is 54.6 Å². The molecule has 0 aliphatic rings. The van der Waals surface area contributed by atoms with Crippen LogP contribution in [0.2, 0.25) is 0 Å². The third-order valence-electron chi connectivity index (χ3n) is 5.40. The average molecular weight is 370 g/mol. The van der Waals surface area contributed by atoms with Crippen molar-refractivity contribution in [3.05, 3.63) is 82.9 Å². The number of fused-ring (bicyclic) bond motifs is 3. The molecule has 140 valence electrons. The third kappa shape index (κ3) is 2.78. The van der Waals surface area contributed by atoms with Gasteiger partial charge in [-0.15, -0.1) is 0 Å². The molecule has 0 amide bonds. The molecule has 0 aliphatic heterocycles. The highest BCUT2D eigenvalue weighted by molar-refractivity contribution is 6.16. The molecule has 0 saturated heterocycles. The number of hydrogen-bond donors (Lipinski definition) is 1. The monoisotopic (exact) mass is 370 g/mol. The Balaban J connectivity index is 1.96. The van der Waals surface area contributed by atoms with Gasteiger partial charge in [-0.1, -0.05) is 35.5 Å². The summed E-state index contributed by atoms with van der Waals surface area (Å²) >= 11 is 0. The maximum atomic E-state index is 13.1. The number of nitrogens with zero attached hydrogens (tertiary/aromatic N) is 2. The molecule has 1 N–H and O–H groups in total. The zero-order valence-corrected chi connectivity index (χ0v) is 16.2. The summed E-state index contributed by atoms with van der Waals surface area (Å²) in [5.41, 5.74) is 6.00. The third-order valence-corrected chi connectivity index (χ3v) is 5.40. The Bertz CT molecular complexity index is 1250. The lowest BCUT2D eigenvalue weighted by atomic mass is 9.97.